The van der Waals surface area contributed by atoms with E-state index in [0.29, 0.717) is 0 Å². The Kier molecular flexibility index (Phi) is 4.65. The highest BCUT2D eigenvalue weighted by atomic mass is 14.0. The molecule has 0 unspecified atom stereocenters. The molecular weight excluding hydrogens is 120 g/mol. The lowest BCUT2D eigenvalue weighted by atomic mass is 10.1. The van der Waals surface area contributed by atoms with Gasteiger partial charge in [-0.1, -0.05) is 37.3 Å². The number of hydrogen-bond acceptors (Lipinski definition) is 0. The summed E-state index contributed by atoms with van der Waals surface area (Å²) in [6, 6.07) is 0. The fourth-order valence-corrected chi connectivity index (χ4v) is 0.774. The molecule has 56 valence electrons. The van der Waals surface area contributed by atoms with Crippen LogP contribution in [0.4, 0.5) is 0 Å². The van der Waals surface area contributed by atoms with Gasteiger partial charge in [0.2, 0.25) is 0 Å². The normalized spacial score (nSPS) is 12.5. The first kappa shape index (κ1) is 9.22. The second kappa shape index (κ2) is 5.04. The summed E-state index contributed by atoms with van der Waals surface area (Å²) in [4.78, 5) is 0. The van der Waals surface area contributed by atoms with Gasteiger partial charge in [-0.05, 0) is 25.8 Å². The Balaban J connectivity index is 4.18. The quantitative estimate of drug-likeness (QED) is 0.521. The Morgan fingerprint density at radius 3 is 2.40 bits per heavy atom. The lowest BCUT2D eigenvalue weighted by Crippen LogP contribution is -1.79. The largest absolute Gasteiger partial charge is 0.0958 e. The Morgan fingerprint density at radius 1 is 1.50 bits per heavy atom. The van der Waals surface area contributed by atoms with Crippen molar-refractivity contribution in [2.24, 2.45) is 0 Å². The molecule has 0 amide bonds. The zero-order valence-corrected chi connectivity index (χ0v) is 7.15. The van der Waals surface area contributed by atoms with Crippen LogP contribution >= 0.6 is 0 Å². The maximum atomic E-state index is 3.88. The van der Waals surface area contributed by atoms with E-state index in [1.807, 2.05) is 26.0 Å². The van der Waals surface area contributed by atoms with Crippen molar-refractivity contribution < 1.29 is 0 Å². The molecular formula is C10H16. The fourth-order valence-electron chi connectivity index (χ4n) is 0.774. The fraction of sp³-hybridized carbons (Fsp3) is 0.400. The van der Waals surface area contributed by atoms with Crippen molar-refractivity contribution in [3.05, 3.63) is 36.0 Å². The molecule has 0 heteroatoms. The third kappa shape index (κ3) is 3.29. The van der Waals surface area contributed by atoms with Crippen molar-refractivity contribution >= 4 is 0 Å². The van der Waals surface area contributed by atoms with Crippen LogP contribution in [0.2, 0.25) is 0 Å². The summed E-state index contributed by atoms with van der Waals surface area (Å²) in [6.45, 7) is 10.1. The van der Waals surface area contributed by atoms with E-state index >= 15 is 0 Å². The first-order chi connectivity index (χ1) is 4.72. The van der Waals surface area contributed by atoms with E-state index in [4.69, 9.17) is 0 Å². The van der Waals surface area contributed by atoms with Crippen LogP contribution in [0.1, 0.15) is 27.2 Å². The van der Waals surface area contributed by atoms with Crippen molar-refractivity contribution in [1.82, 2.24) is 0 Å². The van der Waals surface area contributed by atoms with E-state index < -0.39 is 0 Å². The molecule has 0 aliphatic heterocycles. The average Bonchev–Trinajstić information content (AvgIpc) is 1.89. The molecule has 0 rings (SSSR count). The molecule has 0 fully saturated rings. The lowest BCUT2D eigenvalue weighted by molar-refractivity contribution is 1.11. The van der Waals surface area contributed by atoms with Crippen molar-refractivity contribution in [3.63, 3.8) is 0 Å². The summed E-state index contributed by atoms with van der Waals surface area (Å²) >= 11 is 0. The van der Waals surface area contributed by atoms with Gasteiger partial charge >= 0.3 is 0 Å². The minimum Gasteiger partial charge on any atom is -0.0958 e. The summed E-state index contributed by atoms with van der Waals surface area (Å²) in [7, 11) is 0. The molecule has 0 saturated carbocycles. The van der Waals surface area contributed by atoms with Gasteiger partial charge in [-0.2, -0.15) is 0 Å². The minimum absolute atomic E-state index is 1.07. The van der Waals surface area contributed by atoms with Gasteiger partial charge in [-0.15, -0.1) is 0 Å². The van der Waals surface area contributed by atoms with Crippen LogP contribution < -0.4 is 0 Å². The number of hydrogen-bond donors (Lipinski definition) is 0. The smallest absolute Gasteiger partial charge is 0.0305 e. The molecule has 0 aromatic rings. The molecule has 0 nitrogen and oxygen atoms in total. The Labute approximate surface area is 64.0 Å². The zero-order valence-electron chi connectivity index (χ0n) is 7.15. The summed E-state index contributed by atoms with van der Waals surface area (Å²) in [6.07, 6.45) is 7.26. The van der Waals surface area contributed by atoms with E-state index in [1.54, 1.807) is 0 Å². The topological polar surface area (TPSA) is 0 Å². The van der Waals surface area contributed by atoms with Crippen LogP contribution in [0.15, 0.2) is 36.0 Å². The third-order valence-electron chi connectivity index (χ3n) is 1.42. The highest BCUT2D eigenvalue weighted by Crippen LogP contribution is 2.10. The van der Waals surface area contributed by atoms with Crippen LogP contribution in [0.5, 0.6) is 0 Å². The maximum Gasteiger partial charge on any atom is -0.0305 e. The van der Waals surface area contributed by atoms with Gasteiger partial charge in [0.1, 0.15) is 0 Å². The van der Waals surface area contributed by atoms with Crippen molar-refractivity contribution in [1.29, 1.82) is 0 Å². The van der Waals surface area contributed by atoms with E-state index in [2.05, 4.69) is 19.6 Å². The molecule has 0 aromatic heterocycles. The standard InChI is InChI=1S/C10H16/c1-5-7-8-10(6-2)9(3)4/h5,7-8H,3,6H2,1-2,4H3/b7-5-,10-8-. The first-order valence-corrected chi connectivity index (χ1v) is 3.70. The Hall–Kier alpha value is -0.780. The van der Waals surface area contributed by atoms with Crippen molar-refractivity contribution in [3.8, 4) is 0 Å². The third-order valence-corrected chi connectivity index (χ3v) is 1.42. The molecule has 10 heavy (non-hydrogen) atoms. The molecule has 0 aliphatic carbocycles. The Bertz CT molecular complexity index is 159. The van der Waals surface area contributed by atoms with E-state index in [-0.39, 0.29) is 0 Å². The number of rotatable bonds is 3. The highest BCUT2D eigenvalue weighted by molar-refractivity contribution is 5.29. The van der Waals surface area contributed by atoms with E-state index in [0.717, 1.165) is 6.42 Å². The molecule has 0 aromatic carbocycles. The van der Waals surface area contributed by atoms with Crippen LogP contribution in [0, 0.1) is 0 Å². The predicted octanol–water partition coefficient (Wildman–Crippen LogP) is 3.48. The molecule has 0 N–H and O–H groups in total. The van der Waals surface area contributed by atoms with Crippen LogP contribution in [0.25, 0.3) is 0 Å². The molecule has 0 atom stereocenters. The molecule has 0 saturated heterocycles. The van der Waals surface area contributed by atoms with Gasteiger partial charge in [0.25, 0.3) is 0 Å². The maximum absolute atomic E-state index is 3.88. The van der Waals surface area contributed by atoms with Crippen LogP contribution in [-0.4, -0.2) is 0 Å². The first-order valence-electron chi connectivity index (χ1n) is 3.70. The van der Waals surface area contributed by atoms with Gasteiger partial charge in [0, 0.05) is 0 Å². The SMILES string of the molecule is C=C(C)/C(=C\C=C/C)CC. The summed E-state index contributed by atoms with van der Waals surface area (Å²) in [5, 5.41) is 0. The molecule has 0 spiro atoms. The van der Waals surface area contributed by atoms with Gasteiger partial charge in [-0.25, -0.2) is 0 Å². The summed E-state index contributed by atoms with van der Waals surface area (Å²) < 4.78 is 0. The average molecular weight is 136 g/mol. The molecule has 0 aliphatic rings. The second-order valence-electron chi connectivity index (χ2n) is 2.35. The van der Waals surface area contributed by atoms with Crippen LogP contribution in [-0.2, 0) is 0 Å². The lowest BCUT2D eigenvalue weighted by Gasteiger charge is -1.99. The second-order valence-corrected chi connectivity index (χ2v) is 2.35. The molecule has 0 radical (unpaired) electrons. The zero-order chi connectivity index (χ0) is 7.98. The van der Waals surface area contributed by atoms with Gasteiger partial charge in [0.05, 0.1) is 0 Å². The predicted molar refractivity (Wildman–Crippen MR) is 48.0 cm³/mol. The molecule has 0 heterocycles. The summed E-state index contributed by atoms with van der Waals surface area (Å²) in [5.74, 6) is 0. The van der Waals surface area contributed by atoms with E-state index in [9.17, 15) is 0 Å². The number of allylic oxidation sites excluding steroid dienone is 5. The minimum atomic E-state index is 1.07. The van der Waals surface area contributed by atoms with Gasteiger partial charge < -0.3 is 0 Å². The summed E-state index contributed by atoms with van der Waals surface area (Å²) in [5.41, 5.74) is 2.50. The van der Waals surface area contributed by atoms with Crippen molar-refractivity contribution in [2.75, 3.05) is 0 Å². The molecule has 0 bridgehead atoms. The highest BCUT2D eigenvalue weighted by Gasteiger charge is 1.89. The van der Waals surface area contributed by atoms with Gasteiger partial charge in [-0.3, -0.25) is 0 Å². The monoisotopic (exact) mass is 136 g/mol. The van der Waals surface area contributed by atoms with E-state index in [1.165, 1.54) is 11.1 Å². The Morgan fingerprint density at radius 2 is 2.10 bits per heavy atom. The van der Waals surface area contributed by atoms with Crippen molar-refractivity contribution in [2.45, 2.75) is 27.2 Å². The van der Waals surface area contributed by atoms with Gasteiger partial charge in [0.15, 0.2) is 0 Å². The van der Waals surface area contributed by atoms with Crippen LogP contribution in [0.3, 0.4) is 0 Å².